The van der Waals surface area contributed by atoms with Crippen LogP contribution in [0.15, 0.2) is 24.4 Å². The molecular formula is C16H21N3O. The minimum absolute atomic E-state index is 0.106. The van der Waals surface area contributed by atoms with Crippen LogP contribution < -0.4 is 5.73 Å². The van der Waals surface area contributed by atoms with Crippen LogP contribution >= 0.6 is 0 Å². The monoisotopic (exact) mass is 271 g/mol. The molecule has 4 heteroatoms. The molecule has 1 amide bonds. The van der Waals surface area contributed by atoms with Crippen molar-refractivity contribution in [3.05, 3.63) is 30.0 Å². The van der Waals surface area contributed by atoms with E-state index in [1.54, 1.807) is 6.20 Å². The van der Waals surface area contributed by atoms with Crippen molar-refractivity contribution in [3.63, 3.8) is 0 Å². The van der Waals surface area contributed by atoms with Gasteiger partial charge in [0.05, 0.1) is 5.56 Å². The van der Waals surface area contributed by atoms with Gasteiger partial charge >= 0.3 is 0 Å². The zero-order valence-corrected chi connectivity index (χ0v) is 12.1. The first kappa shape index (κ1) is 13.0. The average Bonchev–Trinajstić information content (AvgIpc) is 2.79. The van der Waals surface area contributed by atoms with E-state index in [9.17, 15) is 4.79 Å². The van der Waals surface area contributed by atoms with Gasteiger partial charge in [0.15, 0.2) is 0 Å². The highest BCUT2D eigenvalue weighted by molar-refractivity contribution is 6.07. The highest BCUT2D eigenvalue weighted by atomic mass is 16.2. The number of hydrogen-bond donors (Lipinski definition) is 2. The lowest BCUT2D eigenvalue weighted by molar-refractivity contribution is 0.0585. The number of nitrogen functional groups attached to an aromatic ring is 1. The van der Waals surface area contributed by atoms with Gasteiger partial charge in [0.25, 0.3) is 5.91 Å². The summed E-state index contributed by atoms with van der Waals surface area (Å²) in [4.78, 5) is 17.9. The second-order valence-electron chi connectivity index (χ2n) is 6.50. The molecule has 0 saturated carbocycles. The van der Waals surface area contributed by atoms with Gasteiger partial charge in [-0.3, -0.25) is 4.79 Å². The molecule has 0 atom stereocenters. The van der Waals surface area contributed by atoms with Gasteiger partial charge in [0.2, 0.25) is 0 Å². The Hall–Kier alpha value is -1.97. The number of nitrogens with two attached hydrogens (primary N) is 1. The first-order valence-electron chi connectivity index (χ1n) is 7.12. The Balaban J connectivity index is 1.94. The van der Waals surface area contributed by atoms with Gasteiger partial charge in [-0.1, -0.05) is 13.8 Å². The van der Waals surface area contributed by atoms with E-state index in [0.29, 0.717) is 5.69 Å². The fourth-order valence-corrected chi connectivity index (χ4v) is 3.08. The summed E-state index contributed by atoms with van der Waals surface area (Å²) in [6.07, 6.45) is 4.05. The Morgan fingerprint density at radius 1 is 1.40 bits per heavy atom. The Morgan fingerprint density at radius 3 is 2.95 bits per heavy atom. The molecule has 1 saturated heterocycles. The minimum atomic E-state index is 0.106. The number of aromatic amines is 1. The summed E-state index contributed by atoms with van der Waals surface area (Å²) in [5.41, 5.74) is 8.41. The maximum Gasteiger partial charge on any atom is 0.256 e. The lowest BCUT2D eigenvalue weighted by Crippen LogP contribution is -2.43. The van der Waals surface area contributed by atoms with Crippen molar-refractivity contribution >= 4 is 22.5 Å². The summed E-state index contributed by atoms with van der Waals surface area (Å²) in [6, 6.07) is 5.63. The van der Waals surface area contributed by atoms with E-state index < -0.39 is 0 Å². The molecule has 2 aromatic rings. The van der Waals surface area contributed by atoms with E-state index in [2.05, 4.69) is 18.8 Å². The molecule has 2 heterocycles. The normalized spacial score (nSPS) is 18.4. The largest absolute Gasteiger partial charge is 0.399 e. The number of H-pyrrole nitrogens is 1. The van der Waals surface area contributed by atoms with Crippen LogP contribution in [0, 0.1) is 5.41 Å². The summed E-state index contributed by atoms with van der Waals surface area (Å²) in [5.74, 6) is 0.106. The number of carbonyl (C=O) groups is 1. The average molecular weight is 271 g/mol. The van der Waals surface area contributed by atoms with Gasteiger partial charge in [-0.25, -0.2) is 0 Å². The smallest absolute Gasteiger partial charge is 0.256 e. The molecule has 0 spiro atoms. The first-order chi connectivity index (χ1) is 9.46. The van der Waals surface area contributed by atoms with Crippen LogP contribution in [0.25, 0.3) is 10.9 Å². The van der Waals surface area contributed by atoms with E-state index in [-0.39, 0.29) is 11.3 Å². The number of fused-ring (bicyclic) bond motifs is 1. The Labute approximate surface area is 118 Å². The van der Waals surface area contributed by atoms with Crippen LogP contribution in [0.2, 0.25) is 0 Å². The molecule has 1 aliphatic heterocycles. The summed E-state index contributed by atoms with van der Waals surface area (Å²) in [6.45, 7) is 6.11. The number of nitrogens with zero attached hydrogens (tertiary/aromatic N) is 1. The number of rotatable bonds is 1. The van der Waals surface area contributed by atoms with E-state index in [1.165, 1.54) is 6.42 Å². The molecular weight excluding hydrogens is 250 g/mol. The molecule has 3 N–H and O–H groups in total. The van der Waals surface area contributed by atoms with Crippen molar-refractivity contribution in [2.45, 2.75) is 26.7 Å². The lowest BCUT2D eigenvalue weighted by atomic mass is 9.84. The van der Waals surface area contributed by atoms with Crippen molar-refractivity contribution < 1.29 is 4.79 Å². The van der Waals surface area contributed by atoms with Crippen LogP contribution in [0.1, 0.15) is 37.0 Å². The number of aromatic nitrogens is 1. The summed E-state index contributed by atoms with van der Waals surface area (Å²) >= 11 is 0. The number of nitrogens with one attached hydrogen (secondary N) is 1. The molecule has 0 aliphatic carbocycles. The van der Waals surface area contributed by atoms with Gasteiger partial charge in [-0.2, -0.15) is 0 Å². The molecule has 20 heavy (non-hydrogen) atoms. The number of amides is 1. The number of hydrogen-bond acceptors (Lipinski definition) is 2. The van der Waals surface area contributed by atoms with Crippen molar-refractivity contribution in [1.82, 2.24) is 9.88 Å². The molecule has 1 aromatic heterocycles. The minimum Gasteiger partial charge on any atom is -0.399 e. The van der Waals surface area contributed by atoms with Gasteiger partial charge in [0.1, 0.15) is 0 Å². The third-order valence-corrected chi connectivity index (χ3v) is 4.12. The van der Waals surface area contributed by atoms with Crippen molar-refractivity contribution in [1.29, 1.82) is 0 Å². The maximum absolute atomic E-state index is 12.7. The van der Waals surface area contributed by atoms with E-state index in [0.717, 1.165) is 36.0 Å². The molecule has 3 rings (SSSR count). The van der Waals surface area contributed by atoms with Gasteiger partial charge < -0.3 is 15.6 Å². The molecule has 1 aromatic carbocycles. The van der Waals surface area contributed by atoms with Gasteiger partial charge in [-0.05, 0) is 36.5 Å². The van der Waals surface area contributed by atoms with E-state index >= 15 is 0 Å². The van der Waals surface area contributed by atoms with Crippen LogP contribution in [0.3, 0.4) is 0 Å². The van der Waals surface area contributed by atoms with Crippen molar-refractivity contribution in [2.24, 2.45) is 5.41 Å². The van der Waals surface area contributed by atoms with E-state index in [1.807, 2.05) is 23.1 Å². The second-order valence-corrected chi connectivity index (χ2v) is 6.50. The molecule has 0 radical (unpaired) electrons. The number of anilines is 1. The Kier molecular flexibility index (Phi) is 2.96. The Bertz CT molecular complexity index is 657. The third kappa shape index (κ3) is 2.26. The van der Waals surface area contributed by atoms with Gasteiger partial charge in [0, 0.05) is 35.9 Å². The highest BCUT2D eigenvalue weighted by Crippen LogP contribution is 2.30. The topological polar surface area (TPSA) is 62.1 Å². The summed E-state index contributed by atoms with van der Waals surface area (Å²) < 4.78 is 0. The van der Waals surface area contributed by atoms with Crippen LogP contribution in [0.5, 0.6) is 0 Å². The molecule has 0 unspecified atom stereocenters. The molecule has 106 valence electrons. The zero-order chi connectivity index (χ0) is 14.3. The molecule has 4 nitrogen and oxygen atoms in total. The summed E-state index contributed by atoms with van der Waals surface area (Å²) in [7, 11) is 0. The maximum atomic E-state index is 12.7. The number of benzene rings is 1. The quantitative estimate of drug-likeness (QED) is 0.783. The SMILES string of the molecule is CC1(C)CCCN(C(=O)c2c[nH]c3ccc(N)cc23)C1. The van der Waals surface area contributed by atoms with Crippen LogP contribution in [-0.2, 0) is 0 Å². The molecule has 1 fully saturated rings. The fraction of sp³-hybridized carbons (Fsp3) is 0.438. The second kappa shape index (κ2) is 4.54. The molecule has 0 bridgehead atoms. The van der Waals surface area contributed by atoms with Crippen molar-refractivity contribution in [2.75, 3.05) is 18.8 Å². The lowest BCUT2D eigenvalue weighted by Gasteiger charge is -2.38. The first-order valence-corrected chi connectivity index (χ1v) is 7.12. The third-order valence-electron chi connectivity index (χ3n) is 4.12. The number of piperidine rings is 1. The van der Waals surface area contributed by atoms with Gasteiger partial charge in [-0.15, -0.1) is 0 Å². The Morgan fingerprint density at radius 2 is 2.20 bits per heavy atom. The fourth-order valence-electron chi connectivity index (χ4n) is 3.08. The standard InChI is InChI=1S/C16H21N3O/c1-16(2)6-3-7-19(10-16)15(20)13-9-18-14-5-4-11(17)8-12(13)14/h4-5,8-9,18H,3,6-7,10,17H2,1-2H3. The predicted octanol–water partition coefficient (Wildman–Crippen LogP) is 3.01. The van der Waals surface area contributed by atoms with Crippen LogP contribution in [-0.4, -0.2) is 28.9 Å². The number of likely N-dealkylation sites (tertiary alicyclic amines) is 1. The van der Waals surface area contributed by atoms with E-state index in [4.69, 9.17) is 5.73 Å². The zero-order valence-electron chi connectivity index (χ0n) is 12.1. The van der Waals surface area contributed by atoms with Crippen LogP contribution in [0.4, 0.5) is 5.69 Å². The highest BCUT2D eigenvalue weighted by Gasteiger charge is 2.30. The predicted molar refractivity (Wildman–Crippen MR) is 81.6 cm³/mol. The molecule has 1 aliphatic rings. The van der Waals surface area contributed by atoms with Crippen molar-refractivity contribution in [3.8, 4) is 0 Å². The number of carbonyl (C=O) groups excluding carboxylic acids is 1. The summed E-state index contributed by atoms with van der Waals surface area (Å²) in [5, 5.41) is 0.915.